The Kier molecular flexibility index (Phi) is 4.81. The second-order valence-corrected chi connectivity index (χ2v) is 7.28. The maximum absolute atomic E-state index is 13.2. The second kappa shape index (κ2) is 7.41. The van der Waals surface area contributed by atoms with Crippen molar-refractivity contribution in [2.24, 2.45) is 0 Å². The number of carbonyl (C=O) groups is 1. The lowest BCUT2D eigenvalue weighted by Crippen LogP contribution is -2.30. The number of benzene rings is 2. The zero-order valence-corrected chi connectivity index (χ0v) is 15.8. The number of anilines is 1. The van der Waals surface area contributed by atoms with Gasteiger partial charge in [0.05, 0.1) is 27.5 Å². The van der Waals surface area contributed by atoms with Gasteiger partial charge < -0.3 is 4.42 Å². The van der Waals surface area contributed by atoms with Crippen molar-refractivity contribution in [2.45, 2.75) is 6.54 Å². The Morgan fingerprint density at radius 3 is 2.75 bits per heavy atom. The molecule has 0 fully saturated rings. The van der Waals surface area contributed by atoms with Crippen LogP contribution in [0.1, 0.15) is 16.1 Å². The predicted molar refractivity (Wildman–Crippen MR) is 107 cm³/mol. The Bertz CT molecular complexity index is 1170. The van der Waals surface area contributed by atoms with Crippen molar-refractivity contribution >= 4 is 49.9 Å². The monoisotopic (exact) mass is 413 g/mol. The van der Waals surface area contributed by atoms with Gasteiger partial charge in [-0.25, -0.2) is 4.98 Å². The number of nitrogens with zero attached hydrogens (tertiary/aromatic N) is 3. The van der Waals surface area contributed by atoms with Crippen LogP contribution in [-0.2, 0) is 6.54 Å². The third-order valence-electron chi connectivity index (χ3n) is 4.03. The molecule has 0 unspecified atom stereocenters. The maximum atomic E-state index is 13.2. The van der Waals surface area contributed by atoms with Crippen molar-refractivity contribution in [3.8, 4) is 0 Å². The fourth-order valence-corrected chi connectivity index (χ4v) is 3.97. The van der Waals surface area contributed by atoms with Crippen LogP contribution in [0.15, 0.2) is 65.3 Å². The van der Waals surface area contributed by atoms with E-state index in [9.17, 15) is 14.9 Å². The zero-order valence-electron chi connectivity index (χ0n) is 14.2. The highest BCUT2D eigenvalue weighted by atomic mass is 35.5. The fraction of sp³-hybridized carbons (Fsp3) is 0.0526. The first-order valence-corrected chi connectivity index (χ1v) is 9.36. The number of para-hydroxylation sites is 1. The van der Waals surface area contributed by atoms with Crippen molar-refractivity contribution in [3.63, 3.8) is 0 Å². The predicted octanol–water partition coefficient (Wildman–Crippen LogP) is 5.30. The molecule has 4 rings (SSSR count). The van der Waals surface area contributed by atoms with Crippen LogP contribution in [0.5, 0.6) is 0 Å². The number of fused-ring (bicyclic) bond motifs is 1. The fourth-order valence-electron chi connectivity index (χ4n) is 2.71. The van der Waals surface area contributed by atoms with E-state index in [-0.39, 0.29) is 17.8 Å². The highest BCUT2D eigenvalue weighted by Crippen LogP contribution is 2.34. The minimum absolute atomic E-state index is 0.131. The summed E-state index contributed by atoms with van der Waals surface area (Å²) in [6.07, 6.45) is 1.51. The van der Waals surface area contributed by atoms with Crippen LogP contribution in [0, 0.1) is 10.1 Å². The largest absolute Gasteiger partial charge is 0.467 e. The molecule has 0 atom stereocenters. The second-order valence-electron chi connectivity index (χ2n) is 5.86. The third-order valence-corrected chi connectivity index (χ3v) is 5.38. The van der Waals surface area contributed by atoms with Gasteiger partial charge in [-0.15, -0.1) is 0 Å². The van der Waals surface area contributed by atoms with E-state index in [0.29, 0.717) is 21.4 Å². The lowest BCUT2D eigenvalue weighted by Gasteiger charge is -2.18. The van der Waals surface area contributed by atoms with Crippen LogP contribution in [0.4, 0.5) is 10.8 Å². The van der Waals surface area contributed by atoms with Gasteiger partial charge >= 0.3 is 0 Å². The van der Waals surface area contributed by atoms with Gasteiger partial charge in [0.15, 0.2) is 5.13 Å². The van der Waals surface area contributed by atoms with E-state index in [1.165, 1.54) is 46.8 Å². The van der Waals surface area contributed by atoms with E-state index in [4.69, 9.17) is 16.0 Å². The molecule has 2 aromatic heterocycles. The molecule has 0 aliphatic carbocycles. The molecule has 4 aromatic rings. The number of hydrogen-bond donors (Lipinski definition) is 0. The first-order valence-electron chi connectivity index (χ1n) is 8.16. The molecule has 1 amide bonds. The Hall–Kier alpha value is -3.23. The van der Waals surface area contributed by atoms with Gasteiger partial charge in [0.1, 0.15) is 11.3 Å². The normalized spacial score (nSPS) is 10.9. The van der Waals surface area contributed by atoms with Crippen LogP contribution < -0.4 is 4.90 Å². The number of carbonyl (C=O) groups excluding carboxylic acids is 1. The molecule has 0 aliphatic rings. The molecule has 0 saturated carbocycles. The first kappa shape index (κ1) is 18.1. The number of thiazole rings is 1. The maximum Gasteiger partial charge on any atom is 0.270 e. The summed E-state index contributed by atoms with van der Waals surface area (Å²) in [7, 11) is 0. The van der Waals surface area contributed by atoms with Gasteiger partial charge in [0.2, 0.25) is 0 Å². The summed E-state index contributed by atoms with van der Waals surface area (Å²) in [6, 6.07) is 14.5. The van der Waals surface area contributed by atoms with Crippen molar-refractivity contribution in [3.05, 3.63) is 87.3 Å². The van der Waals surface area contributed by atoms with Gasteiger partial charge in [0.25, 0.3) is 11.6 Å². The van der Waals surface area contributed by atoms with Gasteiger partial charge in [0, 0.05) is 17.7 Å². The molecule has 2 aromatic carbocycles. The summed E-state index contributed by atoms with van der Waals surface area (Å²) in [6.45, 7) is 0.131. The number of non-ortho nitro benzene ring substituents is 1. The summed E-state index contributed by atoms with van der Waals surface area (Å²) >= 11 is 7.53. The van der Waals surface area contributed by atoms with E-state index >= 15 is 0 Å². The van der Waals surface area contributed by atoms with Crippen molar-refractivity contribution < 1.29 is 14.1 Å². The standard InChI is InChI=1S/C19H12ClN3O4S/c20-15-7-2-8-16-17(15)21-19(28-16)22(11-14-6-3-9-27-14)18(24)12-4-1-5-13(10-12)23(25)26/h1-10H,11H2. The summed E-state index contributed by atoms with van der Waals surface area (Å²) < 4.78 is 6.21. The summed E-state index contributed by atoms with van der Waals surface area (Å²) in [5.41, 5.74) is 0.628. The lowest BCUT2D eigenvalue weighted by molar-refractivity contribution is -0.384. The summed E-state index contributed by atoms with van der Waals surface area (Å²) in [5.74, 6) is 0.138. The lowest BCUT2D eigenvalue weighted by atomic mass is 10.2. The van der Waals surface area contributed by atoms with Gasteiger partial charge in [-0.1, -0.05) is 35.1 Å². The number of furan rings is 1. The number of rotatable bonds is 5. The molecule has 0 radical (unpaired) electrons. The molecule has 9 heteroatoms. The Morgan fingerprint density at radius 2 is 2.04 bits per heavy atom. The molecule has 2 heterocycles. The minimum Gasteiger partial charge on any atom is -0.467 e. The minimum atomic E-state index is -0.537. The van der Waals surface area contributed by atoms with Crippen LogP contribution in [0.25, 0.3) is 10.2 Å². The van der Waals surface area contributed by atoms with E-state index in [2.05, 4.69) is 4.98 Å². The average molecular weight is 414 g/mol. The Morgan fingerprint density at radius 1 is 1.21 bits per heavy atom. The van der Waals surface area contributed by atoms with Crippen LogP contribution in [0.2, 0.25) is 5.02 Å². The Balaban J connectivity index is 1.78. The molecule has 7 nitrogen and oxygen atoms in total. The topological polar surface area (TPSA) is 89.5 Å². The first-order chi connectivity index (χ1) is 13.5. The Labute approximate surface area is 167 Å². The van der Waals surface area contributed by atoms with Gasteiger partial charge in [-0.3, -0.25) is 19.8 Å². The molecular weight excluding hydrogens is 402 g/mol. The highest BCUT2D eigenvalue weighted by molar-refractivity contribution is 7.22. The number of nitro benzene ring substituents is 1. The summed E-state index contributed by atoms with van der Waals surface area (Å²) in [4.78, 5) is 29.7. The zero-order chi connectivity index (χ0) is 19.7. The van der Waals surface area contributed by atoms with E-state index < -0.39 is 10.8 Å². The van der Waals surface area contributed by atoms with Crippen LogP contribution >= 0.6 is 22.9 Å². The summed E-state index contributed by atoms with van der Waals surface area (Å²) in [5, 5.41) is 12.0. The van der Waals surface area contributed by atoms with E-state index in [0.717, 1.165) is 4.70 Å². The molecular formula is C19H12ClN3O4S. The quantitative estimate of drug-likeness (QED) is 0.327. The van der Waals surface area contributed by atoms with Crippen LogP contribution in [0.3, 0.4) is 0 Å². The van der Waals surface area contributed by atoms with Gasteiger partial charge in [-0.2, -0.15) is 0 Å². The highest BCUT2D eigenvalue weighted by Gasteiger charge is 2.24. The molecule has 140 valence electrons. The van der Waals surface area contributed by atoms with E-state index in [1.807, 2.05) is 12.1 Å². The molecule has 0 N–H and O–H groups in total. The number of halogens is 1. The molecule has 0 saturated heterocycles. The average Bonchev–Trinajstić information content (AvgIpc) is 3.36. The number of aromatic nitrogens is 1. The molecule has 0 bridgehead atoms. The van der Waals surface area contributed by atoms with Crippen LogP contribution in [-0.4, -0.2) is 15.8 Å². The third kappa shape index (κ3) is 3.47. The molecule has 28 heavy (non-hydrogen) atoms. The van der Waals surface area contributed by atoms with Crippen molar-refractivity contribution in [1.29, 1.82) is 0 Å². The van der Waals surface area contributed by atoms with E-state index in [1.54, 1.807) is 18.2 Å². The SMILES string of the molecule is O=C(c1cccc([N+](=O)[O-])c1)N(Cc1ccco1)c1nc2c(Cl)cccc2s1. The number of amides is 1. The van der Waals surface area contributed by atoms with Crippen molar-refractivity contribution in [2.75, 3.05) is 4.90 Å². The number of hydrogen-bond acceptors (Lipinski definition) is 6. The van der Waals surface area contributed by atoms with Gasteiger partial charge in [-0.05, 0) is 30.3 Å². The smallest absolute Gasteiger partial charge is 0.270 e. The molecule has 0 spiro atoms. The number of nitro groups is 1. The molecule has 0 aliphatic heterocycles. The van der Waals surface area contributed by atoms with Crippen molar-refractivity contribution in [1.82, 2.24) is 4.98 Å².